The van der Waals surface area contributed by atoms with Crippen LogP contribution in [0.3, 0.4) is 0 Å². The maximum Gasteiger partial charge on any atom is 0.214 e. The van der Waals surface area contributed by atoms with E-state index < -0.39 is 0 Å². The molecule has 2 heterocycles. The largest absolute Gasteiger partial charge is 0.276 e. The fourth-order valence-electron chi connectivity index (χ4n) is 2.33. The molecule has 0 amide bonds. The lowest BCUT2D eigenvalue weighted by Crippen LogP contribution is -2.00. The molecule has 0 unspecified atom stereocenters. The zero-order valence-corrected chi connectivity index (χ0v) is 14.4. The van der Waals surface area contributed by atoms with Crippen molar-refractivity contribution in [1.29, 1.82) is 0 Å². The monoisotopic (exact) mass is 328 g/mol. The normalized spacial score (nSPS) is 11.1. The van der Waals surface area contributed by atoms with Crippen molar-refractivity contribution in [1.82, 2.24) is 30.0 Å². The minimum atomic E-state index is 0.833. The second-order valence-corrected chi connectivity index (χ2v) is 6.68. The van der Waals surface area contributed by atoms with Crippen LogP contribution in [0.25, 0.3) is 5.69 Å². The number of aryl methyl sites for hydroxylation is 4. The molecular weight excluding hydrogens is 308 g/mol. The maximum absolute atomic E-state index is 4.19. The van der Waals surface area contributed by atoms with E-state index in [2.05, 4.69) is 58.9 Å². The third-order valence-corrected chi connectivity index (χ3v) is 4.78. The fourth-order valence-corrected chi connectivity index (χ4v) is 3.16. The quantitative estimate of drug-likeness (QED) is 0.514. The van der Waals surface area contributed by atoms with Gasteiger partial charge in [-0.1, -0.05) is 17.8 Å². The van der Waals surface area contributed by atoms with Gasteiger partial charge in [-0.3, -0.25) is 4.68 Å². The summed E-state index contributed by atoms with van der Waals surface area (Å²) in [6.07, 6.45) is 6.07. The van der Waals surface area contributed by atoms with Crippen LogP contribution in [0, 0.1) is 13.8 Å². The number of benzene rings is 1. The van der Waals surface area contributed by atoms with Gasteiger partial charge in [0.2, 0.25) is 5.16 Å². The predicted octanol–water partition coefficient (Wildman–Crippen LogP) is 2.74. The number of thioether (sulfide) groups is 1. The van der Waals surface area contributed by atoms with E-state index in [0.29, 0.717) is 0 Å². The van der Waals surface area contributed by atoms with Crippen molar-refractivity contribution >= 4 is 11.8 Å². The van der Waals surface area contributed by atoms with E-state index in [1.54, 1.807) is 16.4 Å². The van der Waals surface area contributed by atoms with Crippen molar-refractivity contribution < 1.29 is 0 Å². The lowest BCUT2D eigenvalue weighted by Gasteiger charge is -2.06. The van der Waals surface area contributed by atoms with Crippen LogP contribution in [0.4, 0.5) is 0 Å². The summed E-state index contributed by atoms with van der Waals surface area (Å²) in [7, 11) is 1.94. The molecule has 0 bridgehead atoms. The maximum atomic E-state index is 4.19. The number of hydrogen-bond acceptors (Lipinski definition) is 5. The summed E-state index contributed by atoms with van der Waals surface area (Å²) in [5.41, 5.74) is 4.78. The topological polar surface area (TPSA) is 61.4 Å². The van der Waals surface area contributed by atoms with Crippen LogP contribution in [0.5, 0.6) is 0 Å². The Bertz CT molecular complexity index is 791. The molecule has 1 aromatic carbocycles. The number of aromatic nitrogens is 6. The predicted molar refractivity (Wildman–Crippen MR) is 90.9 cm³/mol. The van der Waals surface area contributed by atoms with Gasteiger partial charge in [0.05, 0.1) is 11.9 Å². The molecule has 6 nitrogen and oxygen atoms in total. The summed E-state index contributed by atoms with van der Waals surface area (Å²) < 4.78 is 3.64. The Morgan fingerprint density at radius 1 is 1.17 bits per heavy atom. The van der Waals surface area contributed by atoms with E-state index in [1.807, 2.05) is 17.9 Å². The smallest absolute Gasteiger partial charge is 0.214 e. The molecule has 0 aliphatic rings. The van der Waals surface area contributed by atoms with Gasteiger partial charge in [-0.25, -0.2) is 0 Å². The average Bonchev–Trinajstić information content (AvgIpc) is 3.15. The molecule has 0 aliphatic carbocycles. The van der Waals surface area contributed by atoms with Crippen LogP contribution in [-0.2, 0) is 13.5 Å². The first kappa shape index (κ1) is 15.7. The van der Waals surface area contributed by atoms with Crippen LogP contribution >= 0.6 is 11.8 Å². The van der Waals surface area contributed by atoms with Crippen molar-refractivity contribution in [3.05, 3.63) is 47.3 Å². The Balaban J connectivity index is 1.61. The molecule has 3 rings (SSSR count). The van der Waals surface area contributed by atoms with Gasteiger partial charge in [-0.2, -0.15) is 9.78 Å². The van der Waals surface area contributed by atoms with E-state index in [4.69, 9.17) is 0 Å². The van der Waals surface area contributed by atoms with E-state index in [1.165, 1.54) is 16.7 Å². The molecule has 0 radical (unpaired) electrons. The Labute approximate surface area is 139 Å². The highest BCUT2D eigenvalue weighted by molar-refractivity contribution is 7.99. The third kappa shape index (κ3) is 3.79. The SMILES string of the molecule is Cc1ccc(-n2nnnc2SCCCc2cnn(C)c2)cc1C. The lowest BCUT2D eigenvalue weighted by molar-refractivity contribution is 0.754. The van der Waals surface area contributed by atoms with Crippen LogP contribution in [-0.4, -0.2) is 35.7 Å². The van der Waals surface area contributed by atoms with Gasteiger partial charge in [-0.05, 0) is 65.9 Å². The standard InChI is InChI=1S/C16H20N6S/c1-12-6-7-15(9-13(12)2)22-16(18-19-20-22)23-8-4-5-14-10-17-21(3)11-14/h6-7,9-11H,4-5,8H2,1-3H3. The first-order chi connectivity index (χ1) is 11.1. The second kappa shape index (κ2) is 6.95. The second-order valence-electron chi connectivity index (χ2n) is 5.62. The molecule has 2 aromatic heterocycles. The van der Waals surface area contributed by atoms with Gasteiger partial charge < -0.3 is 0 Å². The Hall–Kier alpha value is -2.15. The van der Waals surface area contributed by atoms with Gasteiger partial charge in [-0.15, -0.1) is 5.10 Å². The molecular formula is C16H20N6S. The molecule has 0 atom stereocenters. The highest BCUT2D eigenvalue weighted by Crippen LogP contribution is 2.21. The highest BCUT2D eigenvalue weighted by atomic mass is 32.2. The zero-order chi connectivity index (χ0) is 16.2. The lowest BCUT2D eigenvalue weighted by atomic mass is 10.1. The molecule has 23 heavy (non-hydrogen) atoms. The van der Waals surface area contributed by atoms with E-state index in [0.717, 1.165) is 29.4 Å². The summed E-state index contributed by atoms with van der Waals surface area (Å²) in [5, 5.41) is 17.1. The molecule has 3 aromatic rings. The number of nitrogens with zero attached hydrogens (tertiary/aromatic N) is 6. The van der Waals surface area contributed by atoms with Crippen molar-refractivity contribution in [2.24, 2.45) is 7.05 Å². The summed E-state index contributed by atoms with van der Waals surface area (Å²) >= 11 is 1.68. The van der Waals surface area contributed by atoms with Crippen molar-refractivity contribution in [2.75, 3.05) is 5.75 Å². The van der Waals surface area contributed by atoms with Gasteiger partial charge in [0, 0.05) is 19.0 Å². The van der Waals surface area contributed by atoms with Crippen LogP contribution in [0.15, 0.2) is 35.7 Å². The van der Waals surface area contributed by atoms with Crippen molar-refractivity contribution in [3.8, 4) is 5.69 Å². The molecule has 0 saturated heterocycles. The van der Waals surface area contributed by atoms with E-state index >= 15 is 0 Å². The van der Waals surface area contributed by atoms with Gasteiger partial charge in [0.15, 0.2) is 0 Å². The zero-order valence-electron chi connectivity index (χ0n) is 13.6. The fraction of sp³-hybridized carbons (Fsp3) is 0.375. The molecule has 0 fully saturated rings. The molecule has 120 valence electrons. The van der Waals surface area contributed by atoms with Crippen LogP contribution in [0.2, 0.25) is 0 Å². The van der Waals surface area contributed by atoms with Gasteiger partial charge in [0.1, 0.15) is 0 Å². The number of tetrazole rings is 1. The van der Waals surface area contributed by atoms with E-state index in [9.17, 15) is 0 Å². The van der Waals surface area contributed by atoms with E-state index in [-0.39, 0.29) is 0 Å². The van der Waals surface area contributed by atoms with Gasteiger partial charge in [0.25, 0.3) is 0 Å². The number of rotatable bonds is 6. The Kier molecular flexibility index (Phi) is 4.76. The Morgan fingerprint density at radius 2 is 2.04 bits per heavy atom. The first-order valence-electron chi connectivity index (χ1n) is 7.60. The molecule has 0 N–H and O–H groups in total. The van der Waals surface area contributed by atoms with Crippen molar-refractivity contribution in [3.63, 3.8) is 0 Å². The average molecular weight is 328 g/mol. The highest BCUT2D eigenvalue weighted by Gasteiger charge is 2.09. The third-order valence-electron chi connectivity index (χ3n) is 3.78. The first-order valence-corrected chi connectivity index (χ1v) is 8.58. The van der Waals surface area contributed by atoms with Gasteiger partial charge >= 0.3 is 0 Å². The van der Waals surface area contributed by atoms with Crippen LogP contribution < -0.4 is 0 Å². The summed E-state index contributed by atoms with van der Waals surface area (Å²) in [4.78, 5) is 0. The minimum absolute atomic E-state index is 0.833. The minimum Gasteiger partial charge on any atom is -0.276 e. The van der Waals surface area contributed by atoms with Crippen LogP contribution in [0.1, 0.15) is 23.1 Å². The number of hydrogen-bond donors (Lipinski definition) is 0. The molecule has 0 aliphatic heterocycles. The summed E-state index contributed by atoms with van der Waals surface area (Å²) in [6.45, 7) is 4.21. The molecule has 7 heteroatoms. The molecule has 0 saturated carbocycles. The van der Waals surface area contributed by atoms with Crippen molar-refractivity contribution in [2.45, 2.75) is 31.8 Å². The summed E-state index contributed by atoms with van der Waals surface area (Å²) in [5.74, 6) is 0.972. The molecule has 0 spiro atoms. The summed E-state index contributed by atoms with van der Waals surface area (Å²) in [6, 6.07) is 6.27. The Morgan fingerprint density at radius 3 is 2.78 bits per heavy atom.